The average molecular weight is 512 g/mol. The van der Waals surface area contributed by atoms with Crippen molar-refractivity contribution in [2.75, 3.05) is 19.8 Å². The van der Waals surface area contributed by atoms with Gasteiger partial charge in [0.15, 0.2) is 0 Å². The van der Waals surface area contributed by atoms with Gasteiger partial charge in [-0.25, -0.2) is 4.79 Å². The maximum atomic E-state index is 14.1. The molecule has 9 rings (SSSR count). The highest BCUT2D eigenvalue weighted by Crippen LogP contribution is 2.61. The van der Waals surface area contributed by atoms with Gasteiger partial charge in [0, 0.05) is 17.3 Å². The van der Waals surface area contributed by atoms with Crippen molar-refractivity contribution in [2.45, 2.75) is 69.4 Å². The largest absolute Gasteiger partial charge is 0.448 e. The zero-order valence-corrected chi connectivity index (χ0v) is 22.0. The summed E-state index contributed by atoms with van der Waals surface area (Å²) in [7, 11) is 0. The highest BCUT2D eigenvalue weighted by atomic mass is 16.6. The highest BCUT2D eigenvalue weighted by Gasteiger charge is 2.57. The van der Waals surface area contributed by atoms with E-state index in [1.54, 1.807) is 0 Å². The van der Waals surface area contributed by atoms with Crippen molar-refractivity contribution in [2.24, 2.45) is 29.1 Å². The Labute approximate surface area is 224 Å². The third-order valence-corrected chi connectivity index (χ3v) is 11.0. The fourth-order valence-electron chi connectivity index (χ4n) is 9.94. The minimum absolute atomic E-state index is 0.0534. The molecule has 2 saturated heterocycles. The second kappa shape index (κ2) is 8.67. The first-order valence-corrected chi connectivity index (χ1v) is 14.8. The van der Waals surface area contributed by atoms with Gasteiger partial charge in [-0.2, -0.15) is 0 Å². The van der Waals surface area contributed by atoms with Crippen LogP contribution < -0.4 is 0 Å². The quantitative estimate of drug-likeness (QED) is 0.490. The Bertz CT molecular complexity index is 1190. The average Bonchev–Trinajstić information content (AvgIpc) is 3.23. The van der Waals surface area contributed by atoms with E-state index < -0.39 is 0 Å². The van der Waals surface area contributed by atoms with Crippen LogP contribution in [0.1, 0.15) is 68.4 Å². The first kappa shape index (κ1) is 23.2. The summed E-state index contributed by atoms with van der Waals surface area (Å²) < 4.78 is 12.0. The number of carbonyl (C=O) groups excluding carboxylic acids is 2. The molecule has 198 valence electrons. The Balaban J connectivity index is 0.977. The van der Waals surface area contributed by atoms with Crippen molar-refractivity contribution in [3.63, 3.8) is 0 Å². The highest BCUT2D eigenvalue weighted by molar-refractivity contribution is 5.88. The van der Waals surface area contributed by atoms with Crippen molar-refractivity contribution in [1.29, 1.82) is 0 Å². The van der Waals surface area contributed by atoms with Crippen molar-refractivity contribution < 1.29 is 19.1 Å². The third-order valence-electron chi connectivity index (χ3n) is 11.0. The van der Waals surface area contributed by atoms with Crippen LogP contribution in [0.15, 0.2) is 48.5 Å². The van der Waals surface area contributed by atoms with E-state index >= 15 is 0 Å². The molecule has 2 atom stereocenters. The molecule has 0 aromatic heterocycles. The van der Waals surface area contributed by atoms with Gasteiger partial charge in [0.1, 0.15) is 12.4 Å². The summed E-state index contributed by atoms with van der Waals surface area (Å²) in [6.07, 6.45) is 8.63. The number of benzene rings is 2. The van der Waals surface area contributed by atoms with Gasteiger partial charge in [-0.15, -0.1) is 0 Å². The molecule has 2 unspecified atom stereocenters. The van der Waals surface area contributed by atoms with Gasteiger partial charge in [-0.1, -0.05) is 48.5 Å². The molecule has 2 aromatic carbocycles. The lowest BCUT2D eigenvalue weighted by molar-refractivity contribution is -0.154. The summed E-state index contributed by atoms with van der Waals surface area (Å²) in [6, 6.07) is 16.7. The molecular weight excluding hydrogens is 474 g/mol. The maximum absolute atomic E-state index is 14.1. The lowest BCUT2D eigenvalue weighted by Gasteiger charge is -2.57. The number of hydrogen-bond donors (Lipinski definition) is 0. The van der Waals surface area contributed by atoms with Gasteiger partial charge >= 0.3 is 6.09 Å². The summed E-state index contributed by atoms with van der Waals surface area (Å²) in [5.41, 5.74) is 4.85. The van der Waals surface area contributed by atoms with Crippen molar-refractivity contribution in [3.05, 3.63) is 59.7 Å². The van der Waals surface area contributed by atoms with Crippen molar-refractivity contribution in [1.82, 2.24) is 4.90 Å². The Morgan fingerprint density at radius 1 is 0.789 bits per heavy atom. The van der Waals surface area contributed by atoms with E-state index in [9.17, 15) is 9.59 Å². The monoisotopic (exact) mass is 511 g/mol. The topological polar surface area (TPSA) is 55.8 Å². The minimum atomic E-state index is -0.245. The SMILES string of the molecule is O=C(OCC1c2ccccc2-c2ccccc21)N1C2COCC1CC(C(=O)C13CC4CC(CC(C4)C1)C3)C2. The number of piperidine rings is 1. The van der Waals surface area contributed by atoms with E-state index in [2.05, 4.69) is 48.5 Å². The van der Waals surface area contributed by atoms with Crippen LogP contribution in [0.2, 0.25) is 0 Å². The van der Waals surface area contributed by atoms with E-state index in [1.807, 2.05) is 4.90 Å². The first-order chi connectivity index (χ1) is 18.6. The van der Waals surface area contributed by atoms with E-state index in [0.29, 0.717) is 25.6 Å². The van der Waals surface area contributed by atoms with Crippen LogP contribution in [0.3, 0.4) is 0 Å². The number of amides is 1. The van der Waals surface area contributed by atoms with Gasteiger partial charge in [-0.05, 0) is 91.4 Å². The van der Waals surface area contributed by atoms with Crippen LogP contribution in [0.5, 0.6) is 0 Å². The van der Waals surface area contributed by atoms with Gasteiger partial charge in [-0.3, -0.25) is 9.69 Å². The molecule has 6 fully saturated rings. The molecule has 5 aliphatic carbocycles. The van der Waals surface area contributed by atoms with Crippen LogP contribution in [0.25, 0.3) is 11.1 Å². The van der Waals surface area contributed by atoms with Crippen LogP contribution in [-0.4, -0.2) is 48.7 Å². The molecule has 0 radical (unpaired) electrons. The van der Waals surface area contributed by atoms with Crippen LogP contribution in [0.4, 0.5) is 4.79 Å². The van der Waals surface area contributed by atoms with Gasteiger partial charge in [0.25, 0.3) is 0 Å². The van der Waals surface area contributed by atoms with E-state index in [-0.39, 0.29) is 35.4 Å². The van der Waals surface area contributed by atoms with Gasteiger partial charge in [0.2, 0.25) is 0 Å². The molecule has 5 heteroatoms. The standard InChI is InChI=1S/C33H37NO4/c35-31(33-14-20-9-21(15-33)11-22(10-20)16-33)23-12-24-17-37-18-25(13-23)34(24)32(36)38-19-30-28-7-3-1-5-26(28)27-6-2-4-8-29(27)30/h1-8,20-25,30H,9-19H2. The molecular formula is C33H37NO4. The molecule has 2 aliphatic heterocycles. The zero-order chi connectivity index (χ0) is 25.4. The van der Waals surface area contributed by atoms with E-state index in [1.165, 1.54) is 41.5 Å². The normalized spacial score (nSPS) is 36.6. The van der Waals surface area contributed by atoms with Crippen molar-refractivity contribution >= 4 is 11.9 Å². The number of hydrogen-bond acceptors (Lipinski definition) is 4. The summed E-state index contributed by atoms with van der Waals surface area (Å²) in [6.45, 7) is 1.34. The Morgan fingerprint density at radius 3 is 1.87 bits per heavy atom. The number of morpholine rings is 1. The zero-order valence-electron chi connectivity index (χ0n) is 22.0. The molecule has 1 amide bonds. The summed E-state index contributed by atoms with van der Waals surface area (Å²) in [5.74, 6) is 2.96. The predicted octanol–water partition coefficient (Wildman–Crippen LogP) is 6.20. The predicted molar refractivity (Wildman–Crippen MR) is 144 cm³/mol. The van der Waals surface area contributed by atoms with E-state index in [4.69, 9.17) is 9.47 Å². The number of nitrogens with zero attached hydrogens (tertiary/aromatic N) is 1. The number of ketones is 1. The number of ether oxygens (including phenoxy) is 2. The van der Waals surface area contributed by atoms with Gasteiger partial charge < -0.3 is 9.47 Å². The number of carbonyl (C=O) groups is 2. The first-order valence-electron chi connectivity index (χ1n) is 14.8. The molecule has 4 saturated carbocycles. The van der Waals surface area contributed by atoms with Crippen molar-refractivity contribution in [3.8, 4) is 11.1 Å². The maximum Gasteiger partial charge on any atom is 0.410 e. The smallest absolute Gasteiger partial charge is 0.410 e. The molecule has 0 spiro atoms. The summed E-state index contributed by atoms with van der Waals surface area (Å²) in [5, 5.41) is 0. The summed E-state index contributed by atoms with van der Waals surface area (Å²) in [4.78, 5) is 29.6. The number of fused-ring (bicyclic) bond motifs is 5. The fourth-order valence-corrected chi connectivity index (χ4v) is 9.94. The number of rotatable bonds is 4. The molecule has 5 nitrogen and oxygen atoms in total. The Hall–Kier alpha value is -2.66. The lowest BCUT2D eigenvalue weighted by Crippen LogP contribution is -2.61. The third kappa shape index (κ3) is 3.53. The molecule has 6 bridgehead atoms. The second-order valence-electron chi connectivity index (χ2n) is 13.3. The van der Waals surface area contributed by atoms with Crippen LogP contribution >= 0.6 is 0 Å². The summed E-state index contributed by atoms with van der Waals surface area (Å²) >= 11 is 0. The lowest BCUT2D eigenvalue weighted by atomic mass is 9.47. The van der Waals surface area contributed by atoms with Crippen LogP contribution in [0, 0.1) is 29.1 Å². The second-order valence-corrected chi connectivity index (χ2v) is 13.3. The fraction of sp³-hybridized carbons (Fsp3) is 0.576. The molecule has 0 N–H and O–H groups in total. The molecule has 2 aromatic rings. The Kier molecular flexibility index (Phi) is 5.31. The Morgan fingerprint density at radius 2 is 1.32 bits per heavy atom. The molecule has 2 heterocycles. The van der Waals surface area contributed by atoms with E-state index in [0.717, 1.165) is 49.9 Å². The van der Waals surface area contributed by atoms with Gasteiger partial charge in [0.05, 0.1) is 25.3 Å². The minimum Gasteiger partial charge on any atom is -0.448 e. The molecule has 7 aliphatic rings. The number of Topliss-reactive ketones (excluding diaryl/α,β-unsaturated/α-hetero) is 1. The van der Waals surface area contributed by atoms with Crippen LogP contribution in [-0.2, 0) is 14.3 Å². The molecule has 38 heavy (non-hydrogen) atoms.